The van der Waals surface area contributed by atoms with Crippen LogP contribution in [0.15, 0.2) is 24.3 Å². The van der Waals surface area contributed by atoms with Crippen LogP contribution in [0.25, 0.3) is 0 Å². The van der Waals surface area contributed by atoms with Gasteiger partial charge in [-0.05, 0) is 30.5 Å². The molecule has 3 nitrogen and oxygen atoms in total. The van der Waals surface area contributed by atoms with Gasteiger partial charge in [0.05, 0.1) is 13.2 Å². The van der Waals surface area contributed by atoms with Crippen molar-refractivity contribution >= 4 is 5.91 Å². The van der Waals surface area contributed by atoms with Gasteiger partial charge in [0, 0.05) is 6.42 Å². The smallest absolute Gasteiger partial charge is 0.220 e. The number of benzene rings is 1. The van der Waals surface area contributed by atoms with Crippen LogP contribution in [0.4, 0.5) is 0 Å². The fourth-order valence-electron chi connectivity index (χ4n) is 2.24. The van der Waals surface area contributed by atoms with Crippen molar-refractivity contribution in [2.45, 2.75) is 38.1 Å². The molecular weight excluding hydrogens is 214 g/mol. The SMILES string of the molecule is COc1ccc(C2CCCCCC(=O)N2)cc1. The maximum Gasteiger partial charge on any atom is 0.220 e. The molecule has 1 aliphatic heterocycles. The molecule has 1 atom stereocenters. The lowest BCUT2D eigenvalue weighted by Crippen LogP contribution is -2.29. The van der Waals surface area contributed by atoms with Crippen LogP contribution in [0.3, 0.4) is 0 Å². The van der Waals surface area contributed by atoms with E-state index in [0.29, 0.717) is 6.42 Å². The van der Waals surface area contributed by atoms with Crippen LogP contribution in [0, 0.1) is 0 Å². The molecule has 1 fully saturated rings. The number of hydrogen-bond acceptors (Lipinski definition) is 2. The average Bonchev–Trinajstić information content (AvgIpc) is 2.34. The van der Waals surface area contributed by atoms with Gasteiger partial charge >= 0.3 is 0 Å². The first-order chi connectivity index (χ1) is 8.29. The van der Waals surface area contributed by atoms with Gasteiger partial charge in [-0.15, -0.1) is 0 Å². The minimum absolute atomic E-state index is 0.161. The molecule has 1 aromatic carbocycles. The molecule has 0 bridgehead atoms. The lowest BCUT2D eigenvalue weighted by atomic mass is 9.97. The van der Waals surface area contributed by atoms with E-state index >= 15 is 0 Å². The maximum atomic E-state index is 11.6. The van der Waals surface area contributed by atoms with Gasteiger partial charge in [0.2, 0.25) is 5.91 Å². The van der Waals surface area contributed by atoms with E-state index in [1.54, 1.807) is 7.11 Å². The van der Waals surface area contributed by atoms with Gasteiger partial charge in [0.15, 0.2) is 0 Å². The normalized spacial score (nSPS) is 21.2. The molecule has 0 aliphatic carbocycles. The Morgan fingerprint density at radius 1 is 1.18 bits per heavy atom. The van der Waals surface area contributed by atoms with E-state index in [9.17, 15) is 4.79 Å². The molecule has 1 aliphatic rings. The summed E-state index contributed by atoms with van der Waals surface area (Å²) in [4.78, 5) is 11.6. The van der Waals surface area contributed by atoms with Gasteiger partial charge < -0.3 is 10.1 Å². The zero-order valence-electron chi connectivity index (χ0n) is 10.2. The molecule has 1 aromatic rings. The standard InChI is InChI=1S/C14H19NO2/c1-17-12-9-7-11(8-10-12)13-5-3-2-4-6-14(16)15-13/h7-10,13H,2-6H2,1H3,(H,15,16). The first kappa shape index (κ1) is 12.0. The molecule has 1 unspecified atom stereocenters. The highest BCUT2D eigenvalue weighted by atomic mass is 16.5. The second-order valence-corrected chi connectivity index (χ2v) is 4.49. The van der Waals surface area contributed by atoms with Crippen molar-refractivity contribution in [3.8, 4) is 5.75 Å². The van der Waals surface area contributed by atoms with Gasteiger partial charge in [-0.3, -0.25) is 4.79 Å². The summed E-state index contributed by atoms with van der Waals surface area (Å²) in [6.07, 6.45) is 5.03. The summed E-state index contributed by atoms with van der Waals surface area (Å²) in [7, 11) is 1.66. The quantitative estimate of drug-likeness (QED) is 0.853. The van der Waals surface area contributed by atoms with E-state index in [0.717, 1.165) is 25.0 Å². The van der Waals surface area contributed by atoms with Gasteiger partial charge in [0.25, 0.3) is 0 Å². The lowest BCUT2D eigenvalue weighted by Gasteiger charge is -2.21. The molecule has 92 valence electrons. The van der Waals surface area contributed by atoms with Crippen molar-refractivity contribution in [1.82, 2.24) is 5.32 Å². The van der Waals surface area contributed by atoms with Crippen LogP contribution in [0.5, 0.6) is 5.75 Å². The first-order valence-corrected chi connectivity index (χ1v) is 6.23. The van der Waals surface area contributed by atoms with Crippen molar-refractivity contribution in [1.29, 1.82) is 0 Å². The zero-order chi connectivity index (χ0) is 12.1. The molecule has 1 heterocycles. The molecule has 17 heavy (non-hydrogen) atoms. The lowest BCUT2D eigenvalue weighted by molar-refractivity contribution is -0.122. The van der Waals surface area contributed by atoms with E-state index in [1.807, 2.05) is 24.3 Å². The molecule has 0 aromatic heterocycles. The van der Waals surface area contributed by atoms with E-state index in [2.05, 4.69) is 5.32 Å². The summed E-state index contributed by atoms with van der Waals surface area (Å²) in [5.74, 6) is 1.02. The number of hydrogen-bond donors (Lipinski definition) is 1. The predicted octanol–water partition coefficient (Wildman–Crippen LogP) is 2.82. The van der Waals surface area contributed by atoms with Crippen LogP contribution in [-0.4, -0.2) is 13.0 Å². The summed E-state index contributed by atoms with van der Waals surface area (Å²) >= 11 is 0. The van der Waals surface area contributed by atoms with Crippen LogP contribution in [0.2, 0.25) is 0 Å². The fraction of sp³-hybridized carbons (Fsp3) is 0.500. The van der Waals surface area contributed by atoms with Crippen LogP contribution in [-0.2, 0) is 4.79 Å². The Bertz CT molecular complexity index is 372. The Morgan fingerprint density at radius 3 is 2.65 bits per heavy atom. The Hall–Kier alpha value is -1.51. The van der Waals surface area contributed by atoms with E-state index < -0.39 is 0 Å². The second-order valence-electron chi connectivity index (χ2n) is 4.49. The van der Waals surface area contributed by atoms with Crippen LogP contribution in [0.1, 0.15) is 43.7 Å². The average molecular weight is 233 g/mol. The maximum absolute atomic E-state index is 11.6. The molecule has 1 amide bonds. The number of carbonyl (C=O) groups excluding carboxylic acids is 1. The van der Waals surface area contributed by atoms with E-state index in [-0.39, 0.29) is 11.9 Å². The highest BCUT2D eigenvalue weighted by molar-refractivity contribution is 5.76. The summed E-state index contributed by atoms with van der Waals surface area (Å²) < 4.78 is 5.13. The highest BCUT2D eigenvalue weighted by Gasteiger charge is 2.16. The number of nitrogens with one attached hydrogen (secondary N) is 1. The molecule has 1 saturated heterocycles. The summed E-state index contributed by atoms with van der Waals surface area (Å²) in [5, 5.41) is 3.09. The Kier molecular flexibility index (Phi) is 4.02. The Labute approximate surface area is 102 Å². The third kappa shape index (κ3) is 3.22. The van der Waals surface area contributed by atoms with Crippen molar-refractivity contribution in [3.05, 3.63) is 29.8 Å². The minimum atomic E-state index is 0.161. The summed E-state index contributed by atoms with van der Waals surface area (Å²) in [5.41, 5.74) is 1.17. The third-order valence-corrected chi connectivity index (χ3v) is 3.25. The van der Waals surface area contributed by atoms with Gasteiger partial charge in [0.1, 0.15) is 5.75 Å². The van der Waals surface area contributed by atoms with Gasteiger partial charge in [-0.1, -0.05) is 25.0 Å². The van der Waals surface area contributed by atoms with Crippen molar-refractivity contribution in [2.24, 2.45) is 0 Å². The third-order valence-electron chi connectivity index (χ3n) is 3.25. The zero-order valence-corrected chi connectivity index (χ0v) is 10.2. The van der Waals surface area contributed by atoms with Gasteiger partial charge in [-0.25, -0.2) is 0 Å². The molecule has 0 spiro atoms. The molecular formula is C14H19NO2. The summed E-state index contributed by atoms with van der Waals surface area (Å²) in [6.45, 7) is 0. The predicted molar refractivity (Wildman–Crippen MR) is 67.0 cm³/mol. The minimum Gasteiger partial charge on any atom is -0.497 e. The van der Waals surface area contributed by atoms with Crippen molar-refractivity contribution in [3.63, 3.8) is 0 Å². The largest absolute Gasteiger partial charge is 0.497 e. The van der Waals surface area contributed by atoms with Crippen LogP contribution >= 0.6 is 0 Å². The molecule has 0 radical (unpaired) electrons. The number of methoxy groups -OCH3 is 1. The van der Waals surface area contributed by atoms with E-state index in [4.69, 9.17) is 4.74 Å². The van der Waals surface area contributed by atoms with Crippen molar-refractivity contribution < 1.29 is 9.53 Å². The molecule has 1 N–H and O–H groups in total. The molecule has 3 heteroatoms. The number of ether oxygens (including phenoxy) is 1. The molecule has 0 saturated carbocycles. The highest BCUT2D eigenvalue weighted by Crippen LogP contribution is 2.24. The topological polar surface area (TPSA) is 38.3 Å². The fourth-order valence-corrected chi connectivity index (χ4v) is 2.24. The number of amides is 1. The summed E-state index contributed by atoms with van der Waals surface area (Å²) in [6, 6.07) is 8.12. The monoisotopic (exact) mass is 233 g/mol. The van der Waals surface area contributed by atoms with Crippen molar-refractivity contribution in [2.75, 3.05) is 7.11 Å². The van der Waals surface area contributed by atoms with Crippen LogP contribution < -0.4 is 10.1 Å². The Balaban J connectivity index is 2.09. The first-order valence-electron chi connectivity index (χ1n) is 6.23. The number of carbonyl (C=O) groups is 1. The number of rotatable bonds is 2. The van der Waals surface area contributed by atoms with E-state index in [1.165, 1.54) is 12.0 Å². The van der Waals surface area contributed by atoms with Gasteiger partial charge in [-0.2, -0.15) is 0 Å². The second kappa shape index (κ2) is 5.71. The Morgan fingerprint density at radius 2 is 1.94 bits per heavy atom. The molecule has 2 rings (SSSR count).